The molecule has 0 spiro atoms. The molecule has 188 valence electrons. The Balaban J connectivity index is 1.47. The number of likely N-dealkylation sites (N-methyl/N-ethyl adjacent to an activating group) is 1. The van der Waals surface area contributed by atoms with Gasteiger partial charge in [-0.2, -0.15) is 0 Å². The van der Waals surface area contributed by atoms with Gasteiger partial charge in [-0.15, -0.1) is 0 Å². The predicted octanol–water partition coefficient (Wildman–Crippen LogP) is 4.25. The van der Waals surface area contributed by atoms with Crippen molar-refractivity contribution in [2.24, 2.45) is 5.41 Å². The van der Waals surface area contributed by atoms with Gasteiger partial charge in [-0.3, -0.25) is 9.59 Å². The number of piperidine rings is 1. The molecule has 2 saturated heterocycles. The van der Waals surface area contributed by atoms with Crippen LogP contribution in [0.25, 0.3) is 0 Å². The number of amides is 2. The van der Waals surface area contributed by atoms with Crippen LogP contribution in [0.5, 0.6) is 5.75 Å². The van der Waals surface area contributed by atoms with Gasteiger partial charge in [0.2, 0.25) is 5.91 Å². The number of likely N-dealkylation sites (tertiary alicyclic amines) is 1. The smallest absolute Gasteiger partial charge is 0.256 e. The van der Waals surface area contributed by atoms with Gasteiger partial charge in [0.1, 0.15) is 11.6 Å². The first-order chi connectivity index (χ1) is 16.8. The van der Waals surface area contributed by atoms with E-state index < -0.39 is 11.2 Å². The van der Waals surface area contributed by atoms with Gasteiger partial charge in [0, 0.05) is 56.1 Å². The number of rotatable bonds is 6. The molecule has 2 aliphatic rings. The summed E-state index contributed by atoms with van der Waals surface area (Å²) in [6.45, 7) is 6.37. The fourth-order valence-electron chi connectivity index (χ4n) is 4.79. The summed E-state index contributed by atoms with van der Waals surface area (Å²) in [5.74, 6) is 0.0170. The lowest BCUT2D eigenvalue weighted by atomic mass is 9.75. The van der Waals surface area contributed by atoms with Crippen LogP contribution in [-0.4, -0.2) is 79.4 Å². The lowest BCUT2D eigenvalue weighted by Crippen LogP contribution is -2.51. The van der Waals surface area contributed by atoms with Gasteiger partial charge in [-0.25, -0.2) is 4.39 Å². The molecule has 35 heavy (non-hydrogen) atoms. The van der Waals surface area contributed by atoms with Crippen molar-refractivity contribution in [2.75, 3.05) is 52.9 Å². The number of ether oxygens (including phenoxy) is 1. The molecule has 0 radical (unpaired) electrons. The first-order valence-electron chi connectivity index (χ1n) is 12.2. The number of carbonyl (C=O) groups excluding carboxylic acids is 2. The molecule has 0 N–H and O–H groups in total. The van der Waals surface area contributed by atoms with Gasteiger partial charge < -0.3 is 19.4 Å². The van der Waals surface area contributed by atoms with Crippen LogP contribution in [0.1, 0.15) is 35.2 Å². The molecule has 2 heterocycles. The Morgan fingerprint density at radius 1 is 1.00 bits per heavy atom. The summed E-state index contributed by atoms with van der Waals surface area (Å²) < 4.78 is 20.4. The van der Waals surface area contributed by atoms with Crippen molar-refractivity contribution in [3.63, 3.8) is 0 Å². The van der Waals surface area contributed by atoms with Gasteiger partial charge in [-0.05, 0) is 62.7 Å². The zero-order valence-electron chi connectivity index (χ0n) is 20.4. The highest BCUT2D eigenvalue weighted by molar-refractivity contribution is 6.31. The predicted molar refractivity (Wildman–Crippen MR) is 134 cm³/mol. The molecule has 2 aromatic rings. The fourth-order valence-corrected chi connectivity index (χ4v) is 4.91. The van der Waals surface area contributed by atoms with Crippen LogP contribution in [0, 0.1) is 18.2 Å². The van der Waals surface area contributed by atoms with E-state index in [9.17, 15) is 14.0 Å². The zero-order valence-corrected chi connectivity index (χ0v) is 21.2. The second-order valence-corrected chi connectivity index (χ2v) is 10.2. The number of benzene rings is 2. The summed E-state index contributed by atoms with van der Waals surface area (Å²) in [4.78, 5) is 32.1. The largest absolute Gasteiger partial charge is 0.493 e. The van der Waals surface area contributed by atoms with Crippen molar-refractivity contribution >= 4 is 23.4 Å². The average Bonchev–Trinajstić information content (AvgIpc) is 2.85. The second-order valence-electron chi connectivity index (χ2n) is 9.83. The molecule has 8 heteroatoms. The van der Waals surface area contributed by atoms with Gasteiger partial charge in [0.15, 0.2) is 0 Å². The Morgan fingerprint density at radius 3 is 2.34 bits per heavy atom. The minimum Gasteiger partial charge on any atom is -0.493 e. The molecule has 2 amide bonds. The van der Waals surface area contributed by atoms with Crippen LogP contribution in [-0.2, 0) is 4.79 Å². The minimum atomic E-state index is -0.513. The van der Waals surface area contributed by atoms with E-state index >= 15 is 0 Å². The molecule has 0 bridgehead atoms. The highest BCUT2D eigenvalue weighted by atomic mass is 35.5. The van der Waals surface area contributed by atoms with Crippen LogP contribution in [0.4, 0.5) is 4.39 Å². The van der Waals surface area contributed by atoms with Gasteiger partial charge >= 0.3 is 0 Å². The molecular weight excluding hydrogens is 469 g/mol. The molecule has 2 fully saturated rings. The maximum atomic E-state index is 14.2. The van der Waals surface area contributed by atoms with E-state index in [1.54, 1.807) is 17.0 Å². The molecular formula is C27H33ClFN3O3. The summed E-state index contributed by atoms with van der Waals surface area (Å²) in [6.07, 6.45) is 1.59. The second kappa shape index (κ2) is 11.0. The maximum absolute atomic E-state index is 14.2. The van der Waals surface area contributed by atoms with Gasteiger partial charge in [-0.1, -0.05) is 23.7 Å². The third-order valence-corrected chi connectivity index (χ3v) is 7.70. The molecule has 0 aromatic heterocycles. The number of hydrogen-bond donors (Lipinski definition) is 0. The molecule has 4 rings (SSSR count). The van der Waals surface area contributed by atoms with Crippen LogP contribution >= 0.6 is 11.6 Å². The molecule has 6 nitrogen and oxygen atoms in total. The molecule has 0 saturated carbocycles. The van der Waals surface area contributed by atoms with Crippen molar-refractivity contribution < 1.29 is 18.7 Å². The summed E-state index contributed by atoms with van der Waals surface area (Å²) in [5.41, 5.74) is 0.610. The van der Waals surface area contributed by atoms with Crippen molar-refractivity contribution in [1.82, 2.24) is 14.7 Å². The lowest BCUT2D eigenvalue weighted by molar-refractivity contribution is -0.136. The molecule has 0 aliphatic carbocycles. The molecule has 2 aliphatic heterocycles. The SMILES string of the molecule is Cc1cc(OCC2(CC(=O)N3CCN(C)CC3)CCN(C(=O)c3ccccc3F)CC2)ccc1Cl. The van der Waals surface area contributed by atoms with Crippen LogP contribution < -0.4 is 4.74 Å². The normalized spacial score (nSPS) is 18.4. The average molecular weight is 502 g/mol. The monoisotopic (exact) mass is 501 g/mol. The summed E-state index contributed by atoms with van der Waals surface area (Å²) in [7, 11) is 2.06. The Morgan fingerprint density at radius 2 is 1.69 bits per heavy atom. The van der Waals surface area contributed by atoms with E-state index in [0.717, 1.165) is 31.7 Å². The maximum Gasteiger partial charge on any atom is 0.256 e. The number of halogens is 2. The van der Waals surface area contributed by atoms with Crippen LogP contribution in [0.15, 0.2) is 42.5 Å². The first kappa shape index (κ1) is 25.5. The standard InChI is InChI=1S/C27H33ClFN3O3/c1-20-17-21(7-8-23(20)28)35-19-27(18-25(33)31-15-13-30(2)14-16-31)9-11-32(12-10-27)26(34)22-5-3-4-6-24(22)29/h3-8,17H,9-16,18-19H2,1-2H3. The number of aryl methyl sites for hydroxylation is 1. The van der Waals surface area contributed by atoms with Gasteiger partial charge in [0.25, 0.3) is 5.91 Å². The highest BCUT2D eigenvalue weighted by Crippen LogP contribution is 2.37. The first-order valence-corrected chi connectivity index (χ1v) is 12.5. The number of piperazine rings is 1. The quantitative estimate of drug-likeness (QED) is 0.593. The Kier molecular flexibility index (Phi) is 7.97. The topological polar surface area (TPSA) is 53.1 Å². The van der Waals surface area contributed by atoms with E-state index in [4.69, 9.17) is 16.3 Å². The third kappa shape index (κ3) is 6.14. The lowest BCUT2D eigenvalue weighted by Gasteiger charge is -2.42. The molecule has 0 unspecified atom stereocenters. The van der Waals surface area contributed by atoms with E-state index in [1.165, 1.54) is 12.1 Å². The Hall–Kier alpha value is -2.64. The van der Waals surface area contributed by atoms with Crippen molar-refractivity contribution in [3.05, 3.63) is 64.4 Å². The van der Waals surface area contributed by atoms with Crippen LogP contribution in [0.3, 0.4) is 0 Å². The summed E-state index contributed by atoms with van der Waals surface area (Å²) in [5, 5.41) is 0.678. The number of nitrogens with zero attached hydrogens (tertiary/aromatic N) is 3. The van der Waals surface area contributed by atoms with E-state index in [-0.39, 0.29) is 17.4 Å². The zero-order chi connectivity index (χ0) is 25.0. The Bertz CT molecular complexity index is 1060. The van der Waals surface area contributed by atoms with Crippen molar-refractivity contribution in [1.29, 1.82) is 0 Å². The van der Waals surface area contributed by atoms with Crippen molar-refractivity contribution in [3.8, 4) is 5.75 Å². The van der Waals surface area contributed by atoms with Crippen molar-refractivity contribution in [2.45, 2.75) is 26.2 Å². The summed E-state index contributed by atoms with van der Waals surface area (Å²) >= 11 is 6.16. The highest BCUT2D eigenvalue weighted by Gasteiger charge is 2.40. The summed E-state index contributed by atoms with van der Waals surface area (Å²) in [6, 6.07) is 11.6. The fraction of sp³-hybridized carbons (Fsp3) is 0.481. The van der Waals surface area contributed by atoms with E-state index in [0.29, 0.717) is 49.7 Å². The minimum absolute atomic E-state index is 0.0846. The van der Waals surface area contributed by atoms with E-state index in [1.807, 2.05) is 30.0 Å². The third-order valence-electron chi connectivity index (χ3n) is 7.27. The Labute approximate surface area is 211 Å². The molecule has 0 atom stereocenters. The van der Waals surface area contributed by atoms with Gasteiger partial charge in [0.05, 0.1) is 12.2 Å². The van der Waals surface area contributed by atoms with E-state index in [2.05, 4.69) is 11.9 Å². The number of hydrogen-bond acceptors (Lipinski definition) is 4. The van der Waals surface area contributed by atoms with Crippen LogP contribution in [0.2, 0.25) is 5.02 Å². The number of carbonyl (C=O) groups is 2. The molecule has 2 aromatic carbocycles.